The molecule has 0 aliphatic heterocycles. The van der Waals surface area contributed by atoms with Crippen LogP contribution >= 0.6 is 11.3 Å². The molecule has 35 heavy (non-hydrogen) atoms. The maximum absolute atomic E-state index is 5.03. The van der Waals surface area contributed by atoms with Crippen molar-refractivity contribution in [2.75, 3.05) is 0 Å². The molecular weight excluding hydrogens is 446 g/mol. The lowest BCUT2D eigenvalue weighted by Crippen LogP contribution is -2.18. The summed E-state index contributed by atoms with van der Waals surface area (Å²) < 4.78 is 2.49. The van der Waals surface area contributed by atoms with Crippen molar-refractivity contribution in [1.29, 1.82) is 0 Å². The first-order valence-corrected chi connectivity index (χ1v) is 12.6. The minimum atomic E-state index is -0.211. The highest BCUT2D eigenvalue weighted by Crippen LogP contribution is 2.39. The first-order chi connectivity index (χ1) is 17.0. The Morgan fingerprint density at radius 2 is 1.23 bits per heavy atom. The first-order valence-electron chi connectivity index (χ1n) is 11.8. The summed E-state index contributed by atoms with van der Waals surface area (Å²) in [6.45, 7) is 6.45. The summed E-state index contributed by atoms with van der Waals surface area (Å²) >= 11 is 1.80. The lowest BCUT2D eigenvalue weighted by Gasteiger charge is -2.18. The van der Waals surface area contributed by atoms with E-state index in [4.69, 9.17) is 15.0 Å². The SMILES string of the molecule is CC(C)(C)c1nc(-c2cccc(-c3ccccc3)c2)nc(-c2cccc3c2sc2ccccc23)n1. The third kappa shape index (κ3) is 4.00. The zero-order chi connectivity index (χ0) is 24.0. The quantitative estimate of drug-likeness (QED) is 0.259. The molecule has 3 nitrogen and oxygen atoms in total. The second-order valence-electron chi connectivity index (χ2n) is 9.78. The van der Waals surface area contributed by atoms with Crippen molar-refractivity contribution in [1.82, 2.24) is 15.0 Å². The fourth-order valence-electron chi connectivity index (χ4n) is 4.35. The molecule has 2 heterocycles. The summed E-state index contributed by atoms with van der Waals surface area (Å²) in [5.41, 5.74) is 4.15. The van der Waals surface area contributed by atoms with Gasteiger partial charge in [-0.1, -0.05) is 99.6 Å². The van der Waals surface area contributed by atoms with Crippen LogP contribution in [0.1, 0.15) is 26.6 Å². The second kappa shape index (κ2) is 8.40. The summed E-state index contributed by atoms with van der Waals surface area (Å²) in [7, 11) is 0. The van der Waals surface area contributed by atoms with Crippen LogP contribution in [-0.2, 0) is 5.41 Å². The molecule has 0 spiro atoms. The Kier molecular flexibility index (Phi) is 5.19. The Bertz CT molecular complexity index is 1680. The van der Waals surface area contributed by atoms with Crippen molar-refractivity contribution in [3.05, 3.63) is 103 Å². The fraction of sp³-hybridized carbons (Fsp3) is 0.129. The van der Waals surface area contributed by atoms with Crippen LogP contribution in [-0.4, -0.2) is 15.0 Å². The van der Waals surface area contributed by atoms with Crippen LogP contribution < -0.4 is 0 Å². The summed E-state index contributed by atoms with van der Waals surface area (Å²) in [5, 5.41) is 2.52. The largest absolute Gasteiger partial charge is 0.212 e. The van der Waals surface area contributed by atoms with Gasteiger partial charge in [0.05, 0.1) is 0 Å². The van der Waals surface area contributed by atoms with Crippen molar-refractivity contribution in [2.45, 2.75) is 26.2 Å². The molecule has 0 saturated heterocycles. The normalized spacial score (nSPS) is 11.9. The number of hydrogen-bond donors (Lipinski definition) is 0. The highest BCUT2D eigenvalue weighted by atomic mass is 32.1. The maximum Gasteiger partial charge on any atom is 0.165 e. The van der Waals surface area contributed by atoms with Gasteiger partial charge >= 0.3 is 0 Å². The molecule has 4 aromatic carbocycles. The van der Waals surface area contributed by atoms with Crippen LogP contribution in [0.25, 0.3) is 54.1 Å². The van der Waals surface area contributed by atoms with Gasteiger partial charge in [0.1, 0.15) is 5.82 Å². The minimum absolute atomic E-state index is 0.211. The monoisotopic (exact) mass is 471 g/mol. The van der Waals surface area contributed by atoms with Gasteiger partial charge in [-0.05, 0) is 29.3 Å². The zero-order valence-electron chi connectivity index (χ0n) is 20.0. The van der Waals surface area contributed by atoms with Gasteiger partial charge in [-0.2, -0.15) is 0 Å². The van der Waals surface area contributed by atoms with Crippen LogP contribution in [0, 0.1) is 0 Å². The molecule has 170 valence electrons. The third-order valence-corrected chi connectivity index (χ3v) is 7.40. The fourth-order valence-corrected chi connectivity index (χ4v) is 5.56. The van der Waals surface area contributed by atoms with E-state index in [1.807, 2.05) is 6.07 Å². The molecule has 0 unspecified atom stereocenters. The lowest BCUT2D eigenvalue weighted by molar-refractivity contribution is 0.543. The van der Waals surface area contributed by atoms with Crippen molar-refractivity contribution in [2.24, 2.45) is 0 Å². The minimum Gasteiger partial charge on any atom is -0.212 e. The summed E-state index contributed by atoms with van der Waals surface area (Å²) in [4.78, 5) is 15.0. The van der Waals surface area contributed by atoms with E-state index in [1.165, 1.54) is 25.7 Å². The summed E-state index contributed by atoms with van der Waals surface area (Å²) in [5.74, 6) is 2.22. The van der Waals surface area contributed by atoms with Crippen molar-refractivity contribution >= 4 is 31.5 Å². The van der Waals surface area contributed by atoms with Gasteiger partial charge < -0.3 is 0 Å². The van der Waals surface area contributed by atoms with Crippen LogP contribution in [0.3, 0.4) is 0 Å². The molecule has 0 atom stereocenters. The van der Waals surface area contributed by atoms with E-state index in [2.05, 4.69) is 112 Å². The van der Waals surface area contributed by atoms with E-state index in [1.54, 1.807) is 11.3 Å². The molecule has 0 N–H and O–H groups in total. The van der Waals surface area contributed by atoms with Crippen molar-refractivity contribution in [3.63, 3.8) is 0 Å². The Balaban J connectivity index is 1.56. The Labute approximate surface area is 209 Å². The standard InChI is InChI=1S/C31H25N3S/c1-31(2,3)30-33-28(22-14-9-13-21(19-22)20-11-5-4-6-12-20)32-29(34-30)25-17-10-16-24-23-15-7-8-18-26(23)35-27(24)25/h4-19H,1-3H3. The third-order valence-electron chi connectivity index (χ3n) is 6.18. The first kappa shape index (κ1) is 21.6. The summed E-state index contributed by atoms with van der Waals surface area (Å²) in [6, 6.07) is 33.8. The molecule has 0 radical (unpaired) electrons. The van der Waals surface area contributed by atoms with E-state index in [0.717, 1.165) is 28.3 Å². The number of rotatable bonds is 3. The highest BCUT2D eigenvalue weighted by molar-refractivity contribution is 7.26. The van der Waals surface area contributed by atoms with E-state index >= 15 is 0 Å². The Morgan fingerprint density at radius 3 is 2.06 bits per heavy atom. The molecule has 0 aliphatic rings. The number of benzene rings is 4. The molecule has 4 heteroatoms. The number of fused-ring (bicyclic) bond motifs is 3. The van der Waals surface area contributed by atoms with Crippen LogP contribution in [0.4, 0.5) is 0 Å². The second-order valence-corrected chi connectivity index (χ2v) is 10.8. The van der Waals surface area contributed by atoms with Crippen LogP contribution in [0.15, 0.2) is 97.1 Å². The molecule has 0 aliphatic carbocycles. The summed E-state index contributed by atoms with van der Waals surface area (Å²) in [6.07, 6.45) is 0. The molecule has 0 bridgehead atoms. The van der Waals surface area contributed by atoms with E-state index in [9.17, 15) is 0 Å². The maximum atomic E-state index is 5.03. The molecule has 6 aromatic rings. The predicted octanol–water partition coefficient (Wildman–Crippen LogP) is 8.54. The average Bonchev–Trinajstić information content (AvgIpc) is 3.27. The molecule has 2 aromatic heterocycles. The molecule has 0 saturated carbocycles. The van der Waals surface area contributed by atoms with E-state index in [-0.39, 0.29) is 5.41 Å². The topological polar surface area (TPSA) is 38.7 Å². The Morgan fingerprint density at radius 1 is 0.571 bits per heavy atom. The van der Waals surface area contributed by atoms with Crippen molar-refractivity contribution in [3.8, 4) is 33.9 Å². The average molecular weight is 472 g/mol. The van der Waals surface area contributed by atoms with Gasteiger partial charge in [-0.15, -0.1) is 11.3 Å². The zero-order valence-corrected chi connectivity index (χ0v) is 20.8. The van der Waals surface area contributed by atoms with Crippen LogP contribution in [0.5, 0.6) is 0 Å². The number of aromatic nitrogens is 3. The number of nitrogens with zero attached hydrogens (tertiary/aromatic N) is 3. The highest BCUT2D eigenvalue weighted by Gasteiger charge is 2.22. The van der Waals surface area contributed by atoms with E-state index in [0.29, 0.717) is 5.82 Å². The number of hydrogen-bond acceptors (Lipinski definition) is 4. The van der Waals surface area contributed by atoms with Crippen LogP contribution in [0.2, 0.25) is 0 Å². The van der Waals surface area contributed by atoms with Gasteiger partial charge in [-0.3, -0.25) is 0 Å². The smallest absolute Gasteiger partial charge is 0.165 e. The van der Waals surface area contributed by atoms with Gasteiger partial charge in [-0.25, -0.2) is 15.0 Å². The lowest BCUT2D eigenvalue weighted by atomic mass is 9.95. The molecular formula is C31H25N3S. The number of thiophene rings is 1. The van der Waals surface area contributed by atoms with Gasteiger partial charge in [0, 0.05) is 36.7 Å². The predicted molar refractivity (Wildman–Crippen MR) is 148 cm³/mol. The van der Waals surface area contributed by atoms with Gasteiger partial charge in [0.2, 0.25) is 0 Å². The van der Waals surface area contributed by atoms with Gasteiger partial charge in [0.25, 0.3) is 0 Å². The van der Waals surface area contributed by atoms with E-state index < -0.39 is 0 Å². The molecule has 6 rings (SSSR count). The molecule has 0 amide bonds. The molecule has 0 fully saturated rings. The Hall–Kier alpha value is -3.89. The van der Waals surface area contributed by atoms with Crippen molar-refractivity contribution < 1.29 is 0 Å². The van der Waals surface area contributed by atoms with Gasteiger partial charge in [0.15, 0.2) is 11.6 Å².